The quantitative estimate of drug-likeness (QED) is 0.633. The van der Waals surface area contributed by atoms with Crippen molar-refractivity contribution in [1.29, 1.82) is 0 Å². The summed E-state index contributed by atoms with van der Waals surface area (Å²) in [6.45, 7) is 2.38. The normalized spacial score (nSPS) is 24.9. The monoisotopic (exact) mass is 285 g/mol. The molecule has 3 rings (SSSR count). The van der Waals surface area contributed by atoms with Gasteiger partial charge in [-0.3, -0.25) is 14.5 Å². The number of likely N-dealkylation sites (tertiary alicyclic amines) is 1. The summed E-state index contributed by atoms with van der Waals surface area (Å²) in [6.07, 6.45) is 3.50. The molecule has 1 fully saturated rings. The molecule has 1 saturated heterocycles. The van der Waals surface area contributed by atoms with E-state index in [0.29, 0.717) is 19.4 Å². The summed E-state index contributed by atoms with van der Waals surface area (Å²) in [5, 5.41) is 0. The predicted molar refractivity (Wildman–Crippen MR) is 78.5 cm³/mol. The maximum Gasteiger partial charge on any atom is 0.233 e. The van der Waals surface area contributed by atoms with E-state index in [0.717, 1.165) is 11.3 Å². The lowest BCUT2D eigenvalue weighted by atomic mass is 9.82. The Morgan fingerprint density at radius 1 is 1.14 bits per heavy atom. The van der Waals surface area contributed by atoms with Crippen LogP contribution in [0.3, 0.4) is 0 Å². The number of benzene rings is 1. The average Bonchev–Trinajstić information content (AvgIpc) is 2.73. The number of carbonyl (C=O) groups is 2. The second kappa shape index (κ2) is 5.35. The molecule has 0 bridgehead atoms. The van der Waals surface area contributed by atoms with Crippen LogP contribution in [-0.4, -0.2) is 23.8 Å². The molecular weight excluding hydrogens is 266 g/mol. The van der Waals surface area contributed by atoms with Crippen LogP contribution in [0.15, 0.2) is 35.9 Å². The predicted octanol–water partition coefficient (Wildman–Crippen LogP) is 2.54. The molecule has 0 radical (unpaired) electrons. The smallest absolute Gasteiger partial charge is 0.233 e. The number of imide groups is 1. The van der Waals surface area contributed by atoms with Crippen LogP contribution < -0.4 is 4.74 Å². The molecule has 1 aromatic carbocycles. The van der Waals surface area contributed by atoms with Crippen molar-refractivity contribution in [1.82, 2.24) is 4.90 Å². The molecular formula is C17H19NO3. The van der Waals surface area contributed by atoms with Gasteiger partial charge in [0, 0.05) is 0 Å². The van der Waals surface area contributed by atoms with Crippen molar-refractivity contribution in [2.75, 3.05) is 7.11 Å². The molecule has 0 N–H and O–H groups in total. The molecule has 2 atom stereocenters. The maximum absolute atomic E-state index is 12.5. The lowest BCUT2D eigenvalue weighted by molar-refractivity contribution is -0.140. The van der Waals surface area contributed by atoms with Crippen LogP contribution >= 0.6 is 0 Å². The minimum atomic E-state index is -0.153. The number of allylic oxidation sites excluding steroid dienone is 2. The SMILES string of the molecule is COc1ccc(CN2C(=O)C3CC=C(C)CC3C2=O)cc1. The first-order chi connectivity index (χ1) is 10.1. The summed E-state index contributed by atoms with van der Waals surface area (Å²) < 4.78 is 5.12. The lowest BCUT2D eigenvalue weighted by Gasteiger charge is -2.19. The highest BCUT2D eigenvalue weighted by Gasteiger charge is 2.47. The summed E-state index contributed by atoms with van der Waals surface area (Å²) in [6, 6.07) is 7.48. The third kappa shape index (κ3) is 2.46. The van der Waals surface area contributed by atoms with Crippen molar-refractivity contribution < 1.29 is 14.3 Å². The van der Waals surface area contributed by atoms with Crippen molar-refractivity contribution in [3.63, 3.8) is 0 Å². The van der Waals surface area contributed by atoms with Gasteiger partial charge in [0.05, 0.1) is 25.5 Å². The van der Waals surface area contributed by atoms with Gasteiger partial charge in [-0.25, -0.2) is 0 Å². The third-order valence-corrected chi connectivity index (χ3v) is 4.41. The van der Waals surface area contributed by atoms with Gasteiger partial charge in [0.1, 0.15) is 5.75 Å². The molecule has 1 heterocycles. The van der Waals surface area contributed by atoms with Crippen molar-refractivity contribution in [2.24, 2.45) is 11.8 Å². The van der Waals surface area contributed by atoms with Gasteiger partial charge in [-0.2, -0.15) is 0 Å². The molecule has 0 aromatic heterocycles. The number of amides is 2. The molecule has 110 valence electrons. The fourth-order valence-electron chi connectivity index (χ4n) is 3.18. The van der Waals surface area contributed by atoms with Gasteiger partial charge in [-0.1, -0.05) is 23.8 Å². The second-order valence-corrected chi connectivity index (χ2v) is 5.81. The van der Waals surface area contributed by atoms with Crippen molar-refractivity contribution in [3.05, 3.63) is 41.5 Å². The molecule has 4 nitrogen and oxygen atoms in total. The first-order valence-corrected chi connectivity index (χ1v) is 7.24. The Labute approximate surface area is 124 Å². The lowest BCUT2D eigenvalue weighted by Crippen LogP contribution is -2.30. The largest absolute Gasteiger partial charge is 0.497 e. The summed E-state index contributed by atoms with van der Waals surface area (Å²) in [5.74, 6) is 0.421. The van der Waals surface area contributed by atoms with E-state index in [1.165, 1.54) is 10.5 Å². The van der Waals surface area contributed by atoms with Crippen LogP contribution in [0.4, 0.5) is 0 Å². The Morgan fingerprint density at radius 3 is 2.48 bits per heavy atom. The minimum absolute atomic E-state index is 0.0201. The average molecular weight is 285 g/mol. The Balaban J connectivity index is 1.77. The van der Waals surface area contributed by atoms with Gasteiger partial charge in [-0.15, -0.1) is 0 Å². The highest BCUT2D eigenvalue weighted by molar-refractivity contribution is 6.05. The highest BCUT2D eigenvalue weighted by Crippen LogP contribution is 2.38. The fraction of sp³-hybridized carbons (Fsp3) is 0.412. The molecule has 0 spiro atoms. The van der Waals surface area contributed by atoms with Crippen LogP contribution in [0, 0.1) is 11.8 Å². The van der Waals surface area contributed by atoms with E-state index >= 15 is 0 Å². The Kier molecular flexibility index (Phi) is 3.53. The van der Waals surface area contributed by atoms with Crippen molar-refractivity contribution in [2.45, 2.75) is 26.3 Å². The van der Waals surface area contributed by atoms with Crippen LogP contribution in [0.2, 0.25) is 0 Å². The summed E-state index contributed by atoms with van der Waals surface area (Å²) in [7, 11) is 1.61. The zero-order valence-electron chi connectivity index (χ0n) is 12.3. The number of hydrogen-bond donors (Lipinski definition) is 0. The number of hydrogen-bond acceptors (Lipinski definition) is 3. The molecule has 21 heavy (non-hydrogen) atoms. The number of methoxy groups -OCH3 is 1. The summed E-state index contributed by atoms with van der Waals surface area (Å²) in [4.78, 5) is 26.3. The van der Waals surface area contributed by atoms with E-state index in [1.54, 1.807) is 7.11 Å². The molecule has 2 amide bonds. The van der Waals surface area contributed by atoms with Crippen LogP contribution in [0.25, 0.3) is 0 Å². The molecule has 1 aliphatic carbocycles. The van der Waals surface area contributed by atoms with Crippen molar-refractivity contribution in [3.8, 4) is 5.75 Å². The van der Waals surface area contributed by atoms with Gasteiger partial charge in [0.25, 0.3) is 0 Å². The molecule has 4 heteroatoms. The molecule has 2 aliphatic rings. The third-order valence-electron chi connectivity index (χ3n) is 4.41. The highest BCUT2D eigenvalue weighted by atomic mass is 16.5. The Hall–Kier alpha value is -2.10. The van der Waals surface area contributed by atoms with Gasteiger partial charge in [0.2, 0.25) is 11.8 Å². The Bertz CT molecular complexity index is 603. The van der Waals surface area contributed by atoms with E-state index in [4.69, 9.17) is 4.74 Å². The van der Waals surface area contributed by atoms with Crippen LogP contribution in [0.5, 0.6) is 5.75 Å². The zero-order valence-corrected chi connectivity index (χ0v) is 12.3. The van der Waals surface area contributed by atoms with Crippen molar-refractivity contribution >= 4 is 11.8 Å². The molecule has 1 aliphatic heterocycles. The van der Waals surface area contributed by atoms with E-state index in [1.807, 2.05) is 31.2 Å². The summed E-state index contributed by atoms with van der Waals surface area (Å²) >= 11 is 0. The number of rotatable bonds is 3. The van der Waals surface area contributed by atoms with Gasteiger partial charge >= 0.3 is 0 Å². The number of nitrogens with zero attached hydrogens (tertiary/aromatic N) is 1. The first kappa shape index (κ1) is 13.9. The van der Waals surface area contributed by atoms with E-state index < -0.39 is 0 Å². The fourth-order valence-corrected chi connectivity index (χ4v) is 3.18. The van der Waals surface area contributed by atoms with Gasteiger partial charge in [0.15, 0.2) is 0 Å². The van der Waals surface area contributed by atoms with Gasteiger partial charge in [-0.05, 0) is 37.5 Å². The maximum atomic E-state index is 12.5. The number of carbonyl (C=O) groups excluding carboxylic acids is 2. The zero-order chi connectivity index (χ0) is 15.0. The standard InChI is InChI=1S/C17H19NO3/c1-11-3-8-14-15(9-11)17(20)18(16(14)19)10-12-4-6-13(21-2)7-5-12/h3-7,14-15H,8-10H2,1-2H3. The topological polar surface area (TPSA) is 46.6 Å². The molecule has 0 saturated carbocycles. The van der Waals surface area contributed by atoms with E-state index in [2.05, 4.69) is 6.08 Å². The first-order valence-electron chi connectivity index (χ1n) is 7.24. The molecule has 2 unspecified atom stereocenters. The number of ether oxygens (including phenoxy) is 1. The van der Waals surface area contributed by atoms with E-state index in [9.17, 15) is 9.59 Å². The minimum Gasteiger partial charge on any atom is -0.497 e. The van der Waals surface area contributed by atoms with Gasteiger partial charge < -0.3 is 4.74 Å². The van der Waals surface area contributed by atoms with Crippen LogP contribution in [-0.2, 0) is 16.1 Å². The Morgan fingerprint density at radius 2 is 1.81 bits per heavy atom. The molecule has 1 aromatic rings. The number of fused-ring (bicyclic) bond motifs is 1. The summed E-state index contributed by atoms with van der Waals surface area (Å²) in [5.41, 5.74) is 2.16. The van der Waals surface area contributed by atoms with Crippen LogP contribution in [0.1, 0.15) is 25.3 Å². The second-order valence-electron chi connectivity index (χ2n) is 5.81. The van der Waals surface area contributed by atoms with E-state index in [-0.39, 0.29) is 23.7 Å².